The minimum atomic E-state index is 0.917. The van der Waals surface area contributed by atoms with Crippen molar-refractivity contribution in [3.8, 4) is 0 Å². The van der Waals surface area contributed by atoms with Crippen molar-refractivity contribution >= 4 is 26.4 Å². The summed E-state index contributed by atoms with van der Waals surface area (Å²) in [5, 5.41) is 0. The van der Waals surface area contributed by atoms with E-state index in [4.69, 9.17) is 0 Å². The van der Waals surface area contributed by atoms with Crippen molar-refractivity contribution in [2.45, 2.75) is 0 Å². The van der Waals surface area contributed by atoms with Crippen LogP contribution >= 0.6 is 21.0 Å². The number of hydrogen-bond acceptors (Lipinski definition) is 3. The molecule has 1 rings (SSSR count). The van der Waals surface area contributed by atoms with E-state index in [1.54, 1.807) is 6.20 Å². The van der Waals surface area contributed by atoms with Gasteiger partial charge in [-0.25, -0.2) is 0 Å². The highest BCUT2D eigenvalue weighted by atomic mass is 32.1. The van der Waals surface area contributed by atoms with Gasteiger partial charge >= 0.3 is 0 Å². The van der Waals surface area contributed by atoms with Crippen LogP contribution in [0.2, 0.25) is 0 Å². The van der Waals surface area contributed by atoms with E-state index < -0.39 is 0 Å². The molecule has 1 aromatic heterocycles. The van der Waals surface area contributed by atoms with Gasteiger partial charge in [-0.05, 0) is 0 Å². The average Bonchev–Trinajstić information content (AvgIpc) is 1.86. The molecule has 0 spiro atoms. The molecule has 0 fully saturated rings. The molecule has 0 saturated carbocycles. The molecule has 2 nitrogen and oxygen atoms in total. The van der Waals surface area contributed by atoms with Crippen LogP contribution in [0.5, 0.6) is 0 Å². The molecule has 0 bridgehead atoms. The maximum Gasteiger partial charge on any atom is 0.0906 e. The van der Waals surface area contributed by atoms with Crippen LogP contribution in [0.15, 0.2) is 6.20 Å². The van der Waals surface area contributed by atoms with E-state index >= 15 is 0 Å². The van der Waals surface area contributed by atoms with Gasteiger partial charge in [-0.15, -0.1) is 0 Å². The first-order chi connectivity index (χ1) is 2.89. The van der Waals surface area contributed by atoms with Gasteiger partial charge in [0.05, 0.1) is 23.4 Å². The smallest absolute Gasteiger partial charge is 0.0906 e. The first-order valence-electron chi connectivity index (χ1n) is 1.42. The van der Waals surface area contributed by atoms with Crippen LogP contribution in [0.1, 0.15) is 0 Å². The van der Waals surface area contributed by atoms with Crippen molar-refractivity contribution in [3.63, 3.8) is 0 Å². The SMILES string of the molecule is Pc1cnsn1. The molecule has 0 amide bonds. The molecule has 1 aromatic rings. The molecule has 6 heavy (non-hydrogen) atoms. The lowest BCUT2D eigenvalue weighted by Gasteiger charge is -1.61. The minimum absolute atomic E-state index is 0.917. The molecule has 1 atom stereocenters. The van der Waals surface area contributed by atoms with E-state index in [1.165, 1.54) is 11.7 Å². The Morgan fingerprint density at radius 1 is 1.83 bits per heavy atom. The van der Waals surface area contributed by atoms with E-state index in [2.05, 4.69) is 18.0 Å². The Balaban J connectivity index is 3.05. The van der Waals surface area contributed by atoms with Gasteiger partial charge in [-0.1, -0.05) is 9.24 Å². The second-order valence-electron chi connectivity index (χ2n) is 0.832. The van der Waals surface area contributed by atoms with E-state index in [0.717, 1.165) is 5.44 Å². The van der Waals surface area contributed by atoms with Gasteiger partial charge in [0.15, 0.2) is 0 Å². The third kappa shape index (κ3) is 0.730. The summed E-state index contributed by atoms with van der Waals surface area (Å²) < 4.78 is 7.54. The summed E-state index contributed by atoms with van der Waals surface area (Å²) in [6.07, 6.45) is 1.70. The van der Waals surface area contributed by atoms with E-state index in [0.29, 0.717) is 0 Å². The zero-order valence-corrected chi connectivity index (χ0v) is 4.93. The van der Waals surface area contributed by atoms with Gasteiger partial charge in [0.2, 0.25) is 0 Å². The van der Waals surface area contributed by atoms with Crippen LogP contribution in [0.25, 0.3) is 0 Å². The molecule has 0 aliphatic carbocycles. The molecule has 0 saturated heterocycles. The molecule has 0 radical (unpaired) electrons. The first kappa shape index (κ1) is 4.16. The molecular formula is C2H3N2PS. The summed E-state index contributed by atoms with van der Waals surface area (Å²) in [6.45, 7) is 0. The topological polar surface area (TPSA) is 25.8 Å². The molecule has 1 unspecified atom stereocenters. The number of aromatic nitrogens is 2. The molecule has 0 aromatic carbocycles. The van der Waals surface area contributed by atoms with Gasteiger partial charge in [0, 0.05) is 0 Å². The summed E-state index contributed by atoms with van der Waals surface area (Å²) in [5.41, 5.74) is 0.917. The molecule has 0 N–H and O–H groups in total. The zero-order valence-electron chi connectivity index (χ0n) is 2.96. The van der Waals surface area contributed by atoms with Crippen LogP contribution in [-0.4, -0.2) is 8.75 Å². The van der Waals surface area contributed by atoms with Gasteiger partial charge in [-0.2, -0.15) is 8.75 Å². The zero-order chi connectivity index (χ0) is 4.41. The summed E-state index contributed by atoms with van der Waals surface area (Å²) in [6, 6.07) is 0. The third-order valence-electron chi connectivity index (χ3n) is 0.378. The fourth-order valence-corrected chi connectivity index (χ4v) is 0.840. The highest BCUT2D eigenvalue weighted by Crippen LogP contribution is 1.82. The lowest BCUT2D eigenvalue weighted by atomic mass is 11.0. The lowest BCUT2D eigenvalue weighted by molar-refractivity contribution is 1.60. The molecule has 0 aliphatic heterocycles. The fourth-order valence-electron chi connectivity index (χ4n) is 0.172. The Labute approximate surface area is 42.1 Å². The summed E-state index contributed by atoms with van der Waals surface area (Å²) in [5.74, 6) is 0. The maximum atomic E-state index is 3.81. The Morgan fingerprint density at radius 2 is 2.67 bits per heavy atom. The molecule has 32 valence electrons. The van der Waals surface area contributed by atoms with Crippen molar-refractivity contribution in [2.75, 3.05) is 0 Å². The molecular weight excluding hydrogens is 115 g/mol. The summed E-state index contributed by atoms with van der Waals surface area (Å²) in [4.78, 5) is 0. The predicted molar refractivity (Wildman–Crippen MR) is 29.3 cm³/mol. The minimum Gasteiger partial charge on any atom is -0.181 e. The first-order valence-corrected chi connectivity index (χ1v) is 2.73. The van der Waals surface area contributed by atoms with Crippen molar-refractivity contribution in [2.24, 2.45) is 0 Å². The lowest BCUT2D eigenvalue weighted by Crippen LogP contribution is -1.82. The van der Waals surface area contributed by atoms with Crippen LogP contribution in [-0.2, 0) is 0 Å². The summed E-state index contributed by atoms with van der Waals surface area (Å²) in [7, 11) is 2.45. The van der Waals surface area contributed by atoms with E-state index in [1.807, 2.05) is 0 Å². The Kier molecular flexibility index (Phi) is 1.13. The third-order valence-corrected chi connectivity index (χ3v) is 1.34. The molecule has 1 heterocycles. The number of hydrogen-bond donors (Lipinski definition) is 0. The van der Waals surface area contributed by atoms with E-state index in [-0.39, 0.29) is 0 Å². The average molecular weight is 118 g/mol. The van der Waals surface area contributed by atoms with Crippen LogP contribution in [0.4, 0.5) is 0 Å². The van der Waals surface area contributed by atoms with Gasteiger partial charge < -0.3 is 0 Å². The van der Waals surface area contributed by atoms with Crippen molar-refractivity contribution < 1.29 is 0 Å². The normalized spacial score (nSPS) is 8.83. The van der Waals surface area contributed by atoms with Gasteiger partial charge in [-0.3, -0.25) is 0 Å². The highest BCUT2D eigenvalue weighted by Gasteiger charge is 1.78. The second-order valence-corrected chi connectivity index (χ2v) is 1.98. The Morgan fingerprint density at radius 3 is 2.83 bits per heavy atom. The molecule has 0 aliphatic rings. The van der Waals surface area contributed by atoms with Crippen LogP contribution in [0, 0.1) is 0 Å². The summed E-state index contributed by atoms with van der Waals surface area (Å²) >= 11 is 1.22. The second kappa shape index (κ2) is 1.63. The maximum absolute atomic E-state index is 3.81. The largest absolute Gasteiger partial charge is 0.181 e. The highest BCUT2D eigenvalue weighted by molar-refractivity contribution is 7.27. The Hall–Kier alpha value is -0.0100. The monoisotopic (exact) mass is 118 g/mol. The van der Waals surface area contributed by atoms with Crippen LogP contribution < -0.4 is 5.44 Å². The van der Waals surface area contributed by atoms with Crippen molar-refractivity contribution in [3.05, 3.63) is 6.20 Å². The number of rotatable bonds is 0. The number of nitrogens with zero attached hydrogens (tertiary/aromatic N) is 2. The predicted octanol–water partition coefficient (Wildman–Crippen LogP) is 0.0385. The Bertz CT molecular complexity index is 115. The fraction of sp³-hybridized carbons (Fsp3) is 0. The standard InChI is InChI=1S/C2H3N2PS/c5-2-1-3-6-4-2/h1H,5H2. The van der Waals surface area contributed by atoms with E-state index in [9.17, 15) is 0 Å². The quantitative estimate of drug-likeness (QED) is 0.449. The molecule has 4 heteroatoms. The van der Waals surface area contributed by atoms with Gasteiger partial charge in [0.25, 0.3) is 0 Å². The van der Waals surface area contributed by atoms with Crippen molar-refractivity contribution in [1.29, 1.82) is 0 Å². The van der Waals surface area contributed by atoms with Gasteiger partial charge in [0.1, 0.15) is 0 Å². The van der Waals surface area contributed by atoms with Crippen molar-refractivity contribution in [1.82, 2.24) is 8.75 Å². The van der Waals surface area contributed by atoms with Crippen LogP contribution in [0.3, 0.4) is 0 Å².